The Morgan fingerprint density at radius 2 is 2.06 bits per heavy atom. The summed E-state index contributed by atoms with van der Waals surface area (Å²) in [6, 6.07) is 4.24. The zero-order valence-corrected chi connectivity index (χ0v) is 9.30. The Bertz CT molecular complexity index is 474. The summed E-state index contributed by atoms with van der Waals surface area (Å²) in [5.41, 5.74) is 0.808. The van der Waals surface area contributed by atoms with Gasteiger partial charge in [-0.05, 0) is 24.1 Å². The van der Waals surface area contributed by atoms with Gasteiger partial charge in [0, 0.05) is 0 Å². The van der Waals surface area contributed by atoms with Crippen molar-refractivity contribution in [2.24, 2.45) is 5.14 Å². The highest BCUT2D eigenvalue weighted by atomic mass is 32.2. The predicted octanol–water partition coefficient (Wildman–Crippen LogP) is 1.38. The molecule has 1 rings (SSSR count). The Morgan fingerprint density at radius 3 is 2.56 bits per heavy atom. The highest BCUT2D eigenvalue weighted by Gasteiger charge is 2.10. The highest BCUT2D eigenvalue weighted by molar-refractivity contribution is 7.88. The molecule has 0 radical (unpaired) electrons. The van der Waals surface area contributed by atoms with Crippen LogP contribution in [0.3, 0.4) is 0 Å². The molecule has 16 heavy (non-hydrogen) atoms. The number of benzene rings is 1. The Labute approximate surface area is 92.1 Å². The number of hydrogen-bond acceptors (Lipinski definition) is 3. The van der Waals surface area contributed by atoms with Gasteiger partial charge in [0.15, 0.2) is 0 Å². The minimum Gasteiger partial charge on any atom is -0.435 e. The number of alkyl halides is 2. The SMILES string of the molecule is Cc1ccc(CS(N)(=O)=O)cc1OC(F)F. The van der Waals surface area contributed by atoms with Crippen LogP contribution in [0.15, 0.2) is 18.2 Å². The quantitative estimate of drug-likeness (QED) is 0.879. The Morgan fingerprint density at radius 1 is 1.44 bits per heavy atom. The van der Waals surface area contributed by atoms with Gasteiger partial charge < -0.3 is 4.74 Å². The van der Waals surface area contributed by atoms with Crippen molar-refractivity contribution in [2.75, 3.05) is 0 Å². The van der Waals surface area contributed by atoms with Crippen LogP contribution >= 0.6 is 0 Å². The Hall–Kier alpha value is -1.21. The minimum atomic E-state index is -3.68. The second-order valence-corrected chi connectivity index (χ2v) is 4.90. The molecule has 0 spiro atoms. The molecule has 0 bridgehead atoms. The van der Waals surface area contributed by atoms with E-state index in [0.717, 1.165) is 0 Å². The van der Waals surface area contributed by atoms with E-state index in [1.165, 1.54) is 18.2 Å². The minimum absolute atomic E-state index is 0.0452. The molecule has 1 aromatic rings. The zero-order chi connectivity index (χ0) is 12.3. The molecule has 0 amide bonds. The van der Waals surface area contributed by atoms with Gasteiger partial charge >= 0.3 is 6.61 Å². The zero-order valence-electron chi connectivity index (χ0n) is 8.48. The van der Waals surface area contributed by atoms with Gasteiger partial charge in [0.2, 0.25) is 10.0 Å². The van der Waals surface area contributed by atoms with Gasteiger partial charge in [-0.3, -0.25) is 0 Å². The molecule has 0 saturated carbocycles. The van der Waals surface area contributed by atoms with E-state index in [0.29, 0.717) is 11.1 Å². The molecule has 0 aliphatic heterocycles. The maximum absolute atomic E-state index is 12.0. The lowest BCUT2D eigenvalue weighted by Gasteiger charge is -2.09. The number of halogens is 2. The van der Waals surface area contributed by atoms with Gasteiger partial charge in [0.1, 0.15) is 5.75 Å². The molecule has 0 aliphatic carbocycles. The highest BCUT2D eigenvalue weighted by Crippen LogP contribution is 2.22. The monoisotopic (exact) mass is 251 g/mol. The number of nitrogens with two attached hydrogens (primary N) is 1. The number of aryl methyl sites for hydroxylation is 1. The summed E-state index contributed by atoms with van der Waals surface area (Å²) in [7, 11) is -3.68. The van der Waals surface area contributed by atoms with Crippen molar-refractivity contribution in [1.29, 1.82) is 0 Å². The first kappa shape index (κ1) is 12.9. The molecule has 0 unspecified atom stereocenters. The van der Waals surface area contributed by atoms with Crippen molar-refractivity contribution >= 4 is 10.0 Å². The number of sulfonamides is 1. The number of hydrogen-bond donors (Lipinski definition) is 1. The molecule has 7 heteroatoms. The van der Waals surface area contributed by atoms with Crippen molar-refractivity contribution in [3.63, 3.8) is 0 Å². The standard InChI is InChI=1S/C9H11F2NO3S/c1-6-2-3-7(5-16(12,13)14)4-8(6)15-9(10)11/h2-4,9H,5H2,1H3,(H2,12,13,14). The van der Waals surface area contributed by atoms with Crippen LogP contribution in [0.4, 0.5) is 8.78 Å². The fraction of sp³-hybridized carbons (Fsp3) is 0.333. The van der Waals surface area contributed by atoms with Crippen LogP contribution in [0.2, 0.25) is 0 Å². The summed E-state index contributed by atoms with van der Waals surface area (Å²) < 4.78 is 49.9. The van der Waals surface area contributed by atoms with E-state index in [1.807, 2.05) is 0 Å². The van der Waals surface area contributed by atoms with Crippen LogP contribution in [0.25, 0.3) is 0 Å². The molecule has 0 atom stereocenters. The Balaban J connectivity index is 2.98. The molecule has 0 saturated heterocycles. The fourth-order valence-corrected chi connectivity index (χ4v) is 1.83. The van der Waals surface area contributed by atoms with E-state index in [4.69, 9.17) is 5.14 Å². The summed E-state index contributed by atoms with van der Waals surface area (Å²) in [6.07, 6.45) is 0. The number of ether oxygens (including phenoxy) is 1. The summed E-state index contributed by atoms with van der Waals surface area (Å²) in [4.78, 5) is 0. The third kappa shape index (κ3) is 4.11. The smallest absolute Gasteiger partial charge is 0.387 e. The molecular formula is C9H11F2NO3S. The lowest BCUT2D eigenvalue weighted by atomic mass is 10.1. The summed E-state index contributed by atoms with van der Waals surface area (Å²) in [5, 5.41) is 4.84. The lowest BCUT2D eigenvalue weighted by molar-refractivity contribution is -0.0503. The molecule has 0 aromatic heterocycles. The van der Waals surface area contributed by atoms with Crippen LogP contribution in [0, 0.1) is 6.92 Å². The average molecular weight is 251 g/mol. The molecule has 0 aliphatic rings. The van der Waals surface area contributed by atoms with Gasteiger partial charge in [-0.15, -0.1) is 0 Å². The number of primary sulfonamides is 1. The largest absolute Gasteiger partial charge is 0.435 e. The van der Waals surface area contributed by atoms with E-state index < -0.39 is 22.4 Å². The summed E-state index contributed by atoms with van der Waals surface area (Å²) in [6.45, 7) is -1.36. The van der Waals surface area contributed by atoms with Gasteiger partial charge in [0.05, 0.1) is 5.75 Å². The van der Waals surface area contributed by atoms with Crippen LogP contribution in [-0.4, -0.2) is 15.0 Å². The molecule has 0 fully saturated rings. The van der Waals surface area contributed by atoms with Gasteiger partial charge in [-0.2, -0.15) is 8.78 Å². The Kier molecular flexibility index (Phi) is 3.82. The van der Waals surface area contributed by atoms with Crippen LogP contribution < -0.4 is 9.88 Å². The molecular weight excluding hydrogens is 240 g/mol. The first-order valence-electron chi connectivity index (χ1n) is 4.33. The van der Waals surface area contributed by atoms with Crippen molar-refractivity contribution < 1.29 is 21.9 Å². The molecule has 4 nitrogen and oxygen atoms in total. The molecule has 0 heterocycles. The van der Waals surface area contributed by atoms with Gasteiger partial charge in [-0.1, -0.05) is 12.1 Å². The van der Waals surface area contributed by atoms with Crippen molar-refractivity contribution in [3.8, 4) is 5.75 Å². The van der Waals surface area contributed by atoms with Crippen molar-refractivity contribution in [3.05, 3.63) is 29.3 Å². The van der Waals surface area contributed by atoms with E-state index in [2.05, 4.69) is 4.74 Å². The summed E-state index contributed by atoms with van der Waals surface area (Å²) in [5.74, 6) is -0.455. The molecule has 1 aromatic carbocycles. The normalized spacial score (nSPS) is 11.8. The van der Waals surface area contributed by atoms with Crippen molar-refractivity contribution in [2.45, 2.75) is 19.3 Å². The summed E-state index contributed by atoms with van der Waals surface area (Å²) >= 11 is 0. The van der Waals surface area contributed by atoms with E-state index >= 15 is 0 Å². The first-order chi connectivity index (χ1) is 7.28. The van der Waals surface area contributed by atoms with Gasteiger partial charge in [-0.25, -0.2) is 13.6 Å². The van der Waals surface area contributed by atoms with Crippen LogP contribution in [0.5, 0.6) is 5.75 Å². The third-order valence-electron chi connectivity index (χ3n) is 1.84. The van der Waals surface area contributed by atoms with Crippen LogP contribution in [0.1, 0.15) is 11.1 Å². The maximum atomic E-state index is 12.0. The second-order valence-electron chi connectivity index (χ2n) is 3.29. The topological polar surface area (TPSA) is 69.4 Å². The maximum Gasteiger partial charge on any atom is 0.387 e. The molecule has 2 N–H and O–H groups in total. The van der Waals surface area contributed by atoms with E-state index in [-0.39, 0.29) is 5.75 Å². The molecule has 90 valence electrons. The first-order valence-corrected chi connectivity index (χ1v) is 6.04. The van der Waals surface area contributed by atoms with Crippen LogP contribution in [-0.2, 0) is 15.8 Å². The predicted molar refractivity (Wildman–Crippen MR) is 54.6 cm³/mol. The van der Waals surface area contributed by atoms with E-state index in [1.54, 1.807) is 6.92 Å². The second kappa shape index (κ2) is 4.75. The third-order valence-corrected chi connectivity index (χ3v) is 2.57. The van der Waals surface area contributed by atoms with Gasteiger partial charge in [0.25, 0.3) is 0 Å². The fourth-order valence-electron chi connectivity index (χ4n) is 1.19. The average Bonchev–Trinajstić information content (AvgIpc) is 2.07. The van der Waals surface area contributed by atoms with E-state index in [9.17, 15) is 17.2 Å². The number of rotatable bonds is 4. The van der Waals surface area contributed by atoms with Crippen molar-refractivity contribution in [1.82, 2.24) is 0 Å². The lowest BCUT2D eigenvalue weighted by Crippen LogP contribution is -2.14.